The first kappa shape index (κ1) is 40.5. The van der Waals surface area contributed by atoms with E-state index in [0.29, 0.717) is 12.5 Å². The van der Waals surface area contributed by atoms with Crippen LogP contribution in [0.2, 0.25) is 0 Å². The zero-order chi connectivity index (χ0) is 31.1. The highest BCUT2D eigenvalue weighted by molar-refractivity contribution is 5.65. The molecule has 0 bridgehead atoms. The van der Waals surface area contributed by atoms with Crippen LogP contribution in [0.4, 0.5) is 4.79 Å². The van der Waals surface area contributed by atoms with Gasteiger partial charge in [0, 0.05) is 12.6 Å². The van der Waals surface area contributed by atoms with Crippen molar-refractivity contribution in [1.29, 1.82) is 0 Å². The van der Waals surface area contributed by atoms with Crippen LogP contribution in [0.25, 0.3) is 0 Å². The van der Waals surface area contributed by atoms with Gasteiger partial charge in [0.15, 0.2) is 0 Å². The van der Waals surface area contributed by atoms with Crippen molar-refractivity contribution in [1.82, 2.24) is 9.80 Å². The molecular weight excluding hydrogens is 516 g/mol. The molecule has 246 valence electrons. The van der Waals surface area contributed by atoms with Gasteiger partial charge in [-0.05, 0) is 123 Å². The third-order valence-electron chi connectivity index (χ3n) is 8.39. The molecular formula is C38H72N2O2. The molecule has 1 N–H and O–H groups in total. The monoisotopic (exact) mass is 589 g/mol. The van der Waals surface area contributed by atoms with Crippen LogP contribution >= 0.6 is 0 Å². The number of rotatable bonds is 30. The Bertz CT molecular complexity index is 670. The molecule has 0 rings (SSSR count). The SMILES string of the molecule is CCCCC/C=C\CCCC(CCC/C=C\CCCCCC)C(CC/C=C\CCCCC)N(CCCN(C)C)C(=O)O. The van der Waals surface area contributed by atoms with Crippen LogP contribution < -0.4 is 0 Å². The molecule has 0 heterocycles. The Morgan fingerprint density at radius 3 is 1.43 bits per heavy atom. The second-order valence-corrected chi connectivity index (χ2v) is 12.7. The Kier molecular flexibility index (Phi) is 29.8. The van der Waals surface area contributed by atoms with Gasteiger partial charge >= 0.3 is 6.09 Å². The summed E-state index contributed by atoms with van der Waals surface area (Å²) in [7, 11) is 4.14. The van der Waals surface area contributed by atoms with Crippen molar-refractivity contribution >= 4 is 6.09 Å². The quantitative estimate of drug-likeness (QED) is 0.0670. The standard InChI is InChI=1S/C38H72N2O2/c1-6-9-12-15-18-20-23-25-28-32-36(31-27-24-22-19-16-13-10-7-2)37(33-29-26-21-17-14-11-8-3)40(38(41)42)35-30-34-39(4)5/h19-23,26,36-37H,6-18,24-25,27-35H2,1-5H3,(H,41,42)/b22-19-,23-20-,26-21-. The summed E-state index contributed by atoms with van der Waals surface area (Å²) in [6.45, 7) is 8.32. The number of carboxylic acid groups (broad SMARTS) is 1. The van der Waals surface area contributed by atoms with Gasteiger partial charge in [-0.1, -0.05) is 102 Å². The smallest absolute Gasteiger partial charge is 0.407 e. The van der Waals surface area contributed by atoms with E-state index in [-0.39, 0.29) is 6.04 Å². The highest BCUT2D eigenvalue weighted by Crippen LogP contribution is 2.28. The minimum absolute atomic E-state index is 0.0940. The van der Waals surface area contributed by atoms with Crippen molar-refractivity contribution in [2.24, 2.45) is 5.92 Å². The molecule has 2 unspecified atom stereocenters. The molecule has 42 heavy (non-hydrogen) atoms. The maximum absolute atomic E-state index is 12.6. The fraction of sp³-hybridized carbons (Fsp3) is 0.816. The number of hydrogen-bond donors (Lipinski definition) is 1. The van der Waals surface area contributed by atoms with Crippen LogP contribution in [0.15, 0.2) is 36.5 Å². The number of carbonyl (C=O) groups is 1. The molecule has 0 radical (unpaired) electrons. The Morgan fingerprint density at radius 2 is 0.976 bits per heavy atom. The number of nitrogens with zero attached hydrogens (tertiary/aromatic N) is 2. The highest BCUT2D eigenvalue weighted by Gasteiger charge is 2.29. The highest BCUT2D eigenvalue weighted by atomic mass is 16.4. The van der Waals surface area contributed by atoms with Crippen molar-refractivity contribution in [3.63, 3.8) is 0 Å². The molecule has 0 aromatic rings. The molecule has 0 aliphatic rings. The first-order valence-electron chi connectivity index (χ1n) is 18.1. The molecule has 0 aliphatic carbocycles. The van der Waals surface area contributed by atoms with Gasteiger partial charge in [-0.15, -0.1) is 0 Å². The molecule has 4 heteroatoms. The normalized spacial score (nSPS) is 13.7. The Labute approximate surface area is 263 Å². The maximum atomic E-state index is 12.6. The Balaban J connectivity index is 5.43. The summed E-state index contributed by atoms with van der Waals surface area (Å²) < 4.78 is 0. The predicted octanol–water partition coefficient (Wildman–Crippen LogP) is 11.8. The van der Waals surface area contributed by atoms with Crippen LogP contribution in [-0.4, -0.2) is 54.2 Å². The summed E-state index contributed by atoms with van der Waals surface area (Å²) in [6, 6.07) is 0.0940. The first-order valence-corrected chi connectivity index (χ1v) is 18.1. The van der Waals surface area contributed by atoms with Crippen LogP contribution in [0.5, 0.6) is 0 Å². The first-order chi connectivity index (χ1) is 20.5. The predicted molar refractivity (Wildman–Crippen MR) is 187 cm³/mol. The molecule has 0 aliphatic heterocycles. The maximum Gasteiger partial charge on any atom is 0.407 e. The van der Waals surface area contributed by atoms with Gasteiger partial charge in [0.05, 0.1) is 0 Å². The van der Waals surface area contributed by atoms with E-state index in [2.05, 4.69) is 76.2 Å². The fourth-order valence-corrected chi connectivity index (χ4v) is 5.82. The van der Waals surface area contributed by atoms with Crippen LogP contribution in [-0.2, 0) is 0 Å². The van der Waals surface area contributed by atoms with Crippen molar-refractivity contribution in [2.45, 2.75) is 168 Å². The average molecular weight is 589 g/mol. The summed E-state index contributed by atoms with van der Waals surface area (Å²) in [4.78, 5) is 16.6. The molecule has 4 nitrogen and oxygen atoms in total. The molecule has 0 spiro atoms. The zero-order valence-electron chi connectivity index (χ0n) is 28.8. The molecule has 2 atom stereocenters. The summed E-state index contributed by atoms with van der Waals surface area (Å²) in [6.07, 6.45) is 39.4. The van der Waals surface area contributed by atoms with Gasteiger partial charge in [-0.25, -0.2) is 4.79 Å². The van der Waals surface area contributed by atoms with E-state index in [1.165, 1.54) is 77.0 Å². The fourth-order valence-electron chi connectivity index (χ4n) is 5.82. The molecule has 0 aromatic heterocycles. The second kappa shape index (κ2) is 30.9. The molecule has 0 saturated carbocycles. The van der Waals surface area contributed by atoms with Gasteiger partial charge in [0.25, 0.3) is 0 Å². The van der Waals surface area contributed by atoms with E-state index in [0.717, 1.165) is 70.8 Å². The third-order valence-corrected chi connectivity index (χ3v) is 8.39. The van der Waals surface area contributed by atoms with E-state index >= 15 is 0 Å². The lowest BCUT2D eigenvalue weighted by molar-refractivity contribution is 0.0918. The zero-order valence-corrected chi connectivity index (χ0v) is 28.8. The second-order valence-electron chi connectivity index (χ2n) is 12.7. The number of allylic oxidation sites excluding steroid dienone is 6. The molecule has 0 aromatic carbocycles. The molecule has 0 saturated heterocycles. The topological polar surface area (TPSA) is 43.8 Å². The lowest BCUT2D eigenvalue weighted by Gasteiger charge is -2.36. The minimum atomic E-state index is -0.738. The van der Waals surface area contributed by atoms with Crippen LogP contribution in [0, 0.1) is 5.92 Å². The van der Waals surface area contributed by atoms with Gasteiger partial charge in [-0.2, -0.15) is 0 Å². The lowest BCUT2D eigenvalue weighted by atomic mass is 9.85. The van der Waals surface area contributed by atoms with Crippen molar-refractivity contribution < 1.29 is 9.90 Å². The number of unbranched alkanes of at least 4 members (excludes halogenated alkanes) is 12. The Hall–Kier alpha value is -1.55. The van der Waals surface area contributed by atoms with E-state index in [1.807, 2.05) is 4.90 Å². The van der Waals surface area contributed by atoms with Crippen LogP contribution in [0.3, 0.4) is 0 Å². The van der Waals surface area contributed by atoms with Gasteiger partial charge < -0.3 is 14.9 Å². The largest absolute Gasteiger partial charge is 0.465 e. The summed E-state index contributed by atoms with van der Waals surface area (Å²) in [5, 5.41) is 10.4. The number of amides is 1. The van der Waals surface area contributed by atoms with E-state index < -0.39 is 6.09 Å². The average Bonchev–Trinajstić information content (AvgIpc) is 2.96. The van der Waals surface area contributed by atoms with Crippen molar-refractivity contribution in [3.8, 4) is 0 Å². The lowest BCUT2D eigenvalue weighted by Crippen LogP contribution is -2.45. The van der Waals surface area contributed by atoms with Crippen molar-refractivity contribution in [3.05, 3.63) is 36.5 Å². The summed E-state index contributed by atoms with van der Waals surface area (Å²) in [5.74, 6) is 0.417. The van der Waals surface area contributed by atoms with E-state index in [9.17, 15) is 9.90 Å². The van der Waals surface area contributed by atoms with E-state index in [4.69, 9.17) is 0 Å². The molecule has 0 fully saturated rings. The Morgan fingerprint density at radius 1 is 0.548 bits per heavy atom. The van der Waals surface area contributed by atoms with Crippen LogP contribution in [0.1, 0.15) is 162 Å². The number of hydrogen-bond acceptors (Lipinski definition) is 2. The van der Waals surface area contributed by atoms with E-state index in [1.54, 1.807) is 0 Å². The minimum Gasteiger partial charge on any atom is -0.465 e. The summed E-state index contributed by atoms with van der Waals surface area (Å²) >= 11 is 0. The van der Waals surface area contributed by atoms with Crippen molar-refractivity contribution in [2.75, 3.05) is 27.2 Å². The van der Waals surface area contributed by atoms with Gasteiger partial charge in [-0.3, -0.25) is 0 Å². The molecule has 1 amide bonds. The van der Waals surface area contributed by atoms with Gasteiger partial charge in [0.2, 0.25) is 0 Å². The third kappa shape index (κ3) is 25.0. The van der Waals surface area contributed by atoms with Gasteiger partial charge in [0.1, 0.15) is 0 Å². The summed E-state index contributed by atoms with van der Waals surface area (Å²) in [5.41, 5.74) is 0.